The summed E-state index contributed by atoms with van der Waals surface area (Å²) in [7, 11) is -3.40. The van der Waals surface area contributed by atoms with Crippen LogP contribution in [0.4, 0.5) is 4.39 Å². The highest BCUT2D eigenvalue weighted by atomic mass is 32.2. The first kappa shape index (κ1) is 20.6. The van der Waals surface area contributed by atoms with Gasteiger partial charge < -0.3 is 4.74 Å². The van der Waals surface area contributed by atoms with Gasteiger partial charge in [0.15, 0.2) is 11.6 Å². The Balaban J connectivity index is 2.82. The summed E-state index contributed by atoms with van der Waals surface area (Å²) in [5, 5.41) is 0. The Labute approximate surface area is 145 Å². The van der Waals surface area contributed by atoms with Crippen LogP contribution in [-0.4, -0.2) is 20.8 Å². The van der Waals surface area contributed by atoms with Crippen molar-refractivity contribution < 1.29 is 17.5 Å². The van der Waals surface area contributed by atoms with Crippen molar-refractivity contribution in [2.24, 2.45) is 5.41 Å². The lowest BCUT2D eigenvalue weighted by atomic mass is 9.98. The van der Waals surface area contributed by atoms with Gasteiger partial charge in [-0.1, -0.05) is 39.0 Å². The third kappa shape index (κ3) is 7.45. The molecule has 4 nitrogen and oxygen atoms in total. The molecule has 6 heteroatoms. The standard InChI is InChI=1S/C18H28FNO3S/c1-6-7-8-11-24(21,22)20-14(2)15-9-10-16(19)17(12-15)23-13-18(3,4)5/h6-7,9-10,12,14,20H,8,11,13H2,1-5H3/b7-6+/t14-/m1/s1. The molecular weight excluding hydrogens is 329 g/mol. The fraction of sp³-hybridized carbons (Fsp3) is 0.556. The monoisotopic (exact) mass is 357 g/mol. The normalized spacial score (nSPS) is 14.1. The number of sulfonamides is 1. The number of nitrogens with one attached hydrogen (secondary N) is 1. The highest BCUT2D eigenvalue weighted by Gasteiger charge is 2.18. The molecule has 0 aromatic heterocycles. The minimum atomic E-state index is -3.40. The van der Waals surface area contributed by atoms with E-state index in [4.69, 9.17) is 4.74 Å². The van der Waals surface area contributed by atoms with Gasteiger partial charge in [-0.15, -0.1) is 0 Å². The molecule has 0 unspecified atom stereocenters. The minimum Gasteiger partial charge on any atom is -0.490 e. The smallest absolute Gasteiger partial charge is 0.212 e. The largest absolute Gasteiger partial charge is 0.490 e. The fourth-order valence-corrected chi connectivity index (χ4v) is 3.22. The summed E-state index contributed by atoms with van der Waals surface area (Å²) < 4.78 is 46.1. The van der Waals surface area contributed by atoms with Crippen LogP contribution >= 0.6 is 0 Å². The van der Waals surface area contributed by atoms with Gasteiger partial charge in [0.1, 0.15) is 0 Å². The molecule has 0 bridgehead atoms. The molecule has 24 heavy (non-hydrogen) atoms. The number of hydrogen-bond donors (Lipinski definition) is 1. The van der Waals surface area contributed by atoms with E-state index in [9.17, 15) is 12.8 Å². The molecule has 0 amide bonds. The Bertz CT molecular complexity index is 663. The van der Waals surface area contributed by atoms with E-state index >= 15 is 0 Å². The van der Waals surface area contributed by atoms with Crippen molar-refractivity contribution in [1.82, 2.24) is 4.72 Å². The molecule has 1 rings (SSSR count). The van der Waals surface area contributed by atoms with Gasteiger partial charge in [0.2, 0.25) is 10.0 Å². The van der Waals surface area contributed by atoms with Gasteiger partial charge in [0.05, 0.1) is 12.4 Å². The van der Waals surface area contributed by atoms with Gasteiger partial charge in [-0.05, 0) is 43.4 Å². The summed E-state index contributed by atoms with van der Waals surface area (Å²) in [5.74, 6) is -0.287. The van der Waals surface area contributed by atoms with Gasteiger partial charge >= 0.3 is 0 Å². The van der Waals surface area contributed by atoms with Crippen molar-refractivity contribution >= 4 is 10.0 Å². The van der Waals surface area contributed by atoms with Crippen molar-refractivity contribution in [2.75, 3.05) is 12.4 Å². The van der Waals surface area contributed by atoms with Gasteiger partial charge in [-0.3, -0.25) is 0 Å². The van der Waals surface area contributed by atoms with Crippen molar-refractivity contribution in [3.8, 4) is 5.75 Å². The Morgan fingerprint density at radius 3 is 2.58 bits per heavy atom. The molecule has 1 aromatic rings. The zero-order chi connectivity index (χ0) is 18.4. The van der Waals surface area contributed by atoms with E-state index in [0.717, 1.165) is 0 Å². The van der Waals surface area contributed by atoms with Gasteiger partial charge in [-0.25, -0.2) is 17.5 Å². The molecule has 0 aliphatic rings. The Morgan fingerprint density at radius 1 is 1.33 bits per heavy atom. The van der Waals surface area contributed by atoms with Crippen molar-refractivity contribution in [2.45, 2.75) is 47.1 Å². The number of hydrogen-bond acceptors (Lipinski definition) is 3. The van der Waals surface area contributed by atoms with Crippen LogP contribution in [0.2, 0.25) is 0 Å². The molecular formula is C18H28FNO3S. The van der Waals surface area contributed by atoms with E-state index in [1.54, 1.807) is 25.1 Å². The average molecular weight is 357 g/mol. The molecule has 0 aliphatic heterocycles. The van der Waals surface area contributed by atoms with Crippen LogP contribution < -0.4 is 9.46 Å². The third-order valence-electron chi connectivity index (χ3n) is 3.26. The molecule has 0 radical (unpaired) electrons. The average Bonchev–Trinajstić information content (AvgIpc) is 2.45. The lowest BCUT2D eigenvalue weighted by molar-refractivity contribution is 0.191. The fourth-order valence-electron chi connectivity index (χ4n) is 1.98. The summed E-state index contributed by atoms with van der Waals surface area (Å²) in [6, 6.07) is 3.97. The first-order valence-electron chi connectivity index (χ1n) is 8.07. The van der Waals surface area contributed by atoms with E-state index in [1.807, 2.05) is 33.8 Å². The van der Waals surface area contributed by atoms with Crippen molar-refractivity contribution in [3.63, 3.8) is 0 Å². The second-order valence-corrected chi connectivity index (χ2v) is 8.93. The quantitative estimate of drug-likeness (QED) is 0.710. The van der Waals surface area contributed by atoms with Crippen LogP contribution in [0.1, 0.15) is 52.6 Å². The molecule has 0 aliphatic carbocycles. The molecule has 1 N–H and O–H groups in total. The maximum Gasteiger partial charge on any atom is 0.212 e. The summed E-state index contributed by atoms with van der Waals surface area (Å²) in [5.41, 5.74) is 0.567. The van der Waals surface area contributed by atoms with Crippen LogP contribution in [0.15, 0.2) is 30.4 Å². The molecule has 0 heterocycles. The third-order valence-corrected chi connectivity index (χ3v) is 4.75. The van der Waals surface area contributed by atoms with E-state index in [2.05, 4.69) is 4.72 Å². The number of benzene rings is 1. The molecule has 0 saturated carbocycles. The lowest BCUT2D eigenvalue weighted by Gasteiger charge is -2.20. The van der Waals surface area contributed by atoms with Crippen LogP contribution in [0, 0.1) is 11.2 Å². The second kappa shape index (κ2) is 8.62. The highest BCUT2D eigenvalue weighted by molar-refractivity contribution is 7.89. The van der Waals surface area contributed by atoms with Gasteiger partial charge in [0, 0.05) is 6.04 Å². The summed E-state index contributed by atoms with van der Waals surface area (Å²) in [6.07, 6.45) is 4.08. The van der Waals surface area contributed by atoms with E-state index in [-0.39, 0.29) is 16.9 Å². The number of halogens is 1. The van der Waals surface area contributed by atoms with E-state index in [1.165, 1.54) is 6.07 Å². The van der Waals surface area contributed by atoms with E-state index < -0.39 is 21.9 Å². The summed E-state index contributed by atoms with van der Waals surface area (Å²) in [4.78, 5) is 0. The predicted molar refractivity (Wildman–Crippen MR) is 96.1 cm³/mol. The maximum atomic E-state index is 13.9. The Hall–Kier alpha value is -1.40. The minimum absolute atomic E-state index is 0.0241. The number of ether oxygens (including phenoxy) is 1. The van der Waals surface area contributed by atoms with E-state index in [0.29, 0.717) is 18.6 Å². The molecule has 136 valence electrons. The number of rotatable bonds is 8. The zero-order valence-electron chi connectivity index (χ0n) is 15.1. The van der Waals surface area contributed by atoms with Crippen molar-refractivity contribution in [3.05, 3.63) is 41.7 Å². The molecule has 1 atom stereocenters. The van der Waals surface area contributed by atoms with Gasteiger partial charge in [0.25, 0.3) is 0 Å². The first-order chi connectivity index (χ1) is 11.0. The maximum absolute atomic E-state index is 13.9. The van der Waals surface area contributed by atoms with Gasteiger partial charge in [-0.2, -0.15) is 0 Å². The Kier molecular flexibility index (Phi) is 7.42. The molecule has 0 saturated heterocycles. The lowest BCUT2D eigenvalue weighted by Crippen LogP contribution is -2.29. The number of allylic oxidation sites excluding steroid dienone is 2. The van der Waals surface area contributed by atoms with Crippen molar-refractivity contribution in [1.29, 1.82) is 0 Å². The Morgan fingerprint density at radius 2 is 2.00 bits per heavy atom. The van der Waals surface area contributed by atoms with Crippen LogP contribution in [-0.2, 0) is 10.0 Å². The topological polar surface area (TPSA) is 55.4 Å². The summed E-state index contributed by atoms with van der Waals surface area (Å²) in [6.45, 7) is 9.94. The highest BCUT2D eigenvalue weighted by Crippen LogP contribution is 2.25. The zero-order valence-corrected chi connectivity index (χ0v) is 15.9. The first-order valence-corrected chi connectivity index (χ1v) is 9.73. The predicted octanol–water partition coefficient (Wildman–Crippen LogP) is 4.20. The molecule has 0 fully saturated rings. The molecule has 0 spiro atoms. The summed E-state index contributed by atoms with van der Waals surface area (Å²) >= 11 is 0. The van der Waals surface area contributed by atoms with Crippen LogP contribution in [0.5, 0.6) is 5.75 Å². The molecule has 1 aromatic carbocycles. The SMILES string of the molecule is C/C=C/CCS(=O)(=O)N[C@H](C)c1ccc(F)c(OCC(C)(C)C)c1. The van der Waals surface area contributed by atoms with Crippen LogP contribution in [0.25, 0.3) is 0 Å². The second-order valence-electron chi connectivity index (χ2n) is 7.06. The van der Waals surface area contributed by atoms with Crippen LogP contribution in [0.3, 0.4) is 0 Å².